The Bertz CT molecular complexity index is 1310. The number of fused-ring (bicyclic) bond motifs is 5. The van der Waals surface area contributed by atoms with Crippen LogP contribution >= 0.6 is 0 Å². The molecule has 3 aromatic carbocycles. The lowest BCUT2D eigenvalue weighted by Crippen LogP contribution is -2.55. The van der Waals surface area contributed by atoms with Crippen LogP contribution in [0.25, 0.3) is 0 Å². The van der Waals surface area contributed by atoms with Gasteiger partial charge in [0.15, 0.2) is 5.60 Å². The minimum Gasteiger partial charge on any atom is -0.497 e. The maximum absolute atomic E-state index is 12.6. The Morgan fingerprint density at radius 1 is 0.944 bits per heavy atom. The van der Waals surface area contributed by atoms with Crippen molar-refractivity contribution in [3.8, 4) is 23.0 Å². The quantitative estimate of drug-likeness (QED) is 0.547. The molecular formula is C28H27NO7. The Hall–Kier alpha value is -3.91. The first kappa shape index (κ1) is 22.5. The van der Waals surface area contributed by atoms with Crippen LogP contribution in [0.1, 0.15) is 22.6 Å². The molecule has 2 fully saturated rings. The lowest BCUT2D eigenvalue weighted by molar-refractivity contribution is -0.0444. The van der Waals surface area contributed by atoms with Crippen molar-refractivity contribution in [3.63, 3.8) is 0 Å². The minimum atomic E-state index is -1.18. The van der Waals surface area contributed by atoms with E-state index in [1.165, 1.54) is 0 Å². The summed E-state index contributed by atoms with van der Waals surface area (Å²) in [6.07, 6.45) is -1.26. The standard InChI is InChI=1S/C28H27NO7/c1-32-18-11-9-17(10-12-18)28-22(16-7-5-4-6-8-16)24-25(35-26(31)29-24)27(28,15-30)23-20(34-3)13-19(33-2)14-21(23)36-28/h4-14,22,24-25,30H,15H2,1-3H3,(H,29,31)/t22-,24-,25-,27-,28+/m1/s1. The topological polar surface area (TPSA) is 95.5 Å². The van der Waals surface area contributed by atoms with Crippen molar-refractivity contribution >= 4 is 6.09 Å². The molecule has 1 saturated heterocycles. The lowest BCUT2D eigenvalue weighted by Gasteiger charge is -2.43. The third-order valence-electron chi connectivity index (χ3n) is 7.93. The molecule has 3 aromatic rings. The first-order chi connectivity index (χ1) is 17.5. The van der Waals surface area contributed by atoms with Crippen molar-refractivity contribution in [1.82, 2.24) is 5.32 Å². The second kappa shape index (κ2) is 8.06. The van der Waals surface area contributed by atoms with E-state index in [2.05, 4.69) is 5.32 Å². The number of aliphatic hydroxyl groups is 1. The zero-order valence-electron chi connectivity index (χ0n) is 20.2. The highest BCUT2D eigenvalue weighted by molar-refractivity contribution is 5.75. The van der Waals surface area contributed by atoms with E-state index in [4.69, 9.17) is 23.7 Å². The molecule has 186 valence electrons. The first-order valence-electron chi connectivity index (χ1n) is 11.8. The highest BCUT2D eigenvalue weighted by Crippen LogP contribution is 2.70. The van der Waals surface area contributed by atoms with E-state index in [1.54, 1.807) is 33.5 Å². The van der Waals surface area contributed by atoms with Crippen LogP contribution in [0.3, 0.4) is 0 Å². The monoisotopic (exact) mass is 489 g/mol. The second-order valence-corrected chi connectivity index (χ2v) is 9.28. The summed E-state index contributed by atoms with van der Waals surface area (Å²) >= 11 is 0. The Morgan fingerprint density at radius 2 is 1.67 bits per heavy atom. The van der Waals surface area contributed by atoms with Crippen LogP contribution in [-0.4, -0.2) is 51.3 Å². The van der Waals surface area contributed by atoms with Crippen molar-refractivity contribution in [2.24, 2.45) is 0 Å². The van der Waals surface area contributed by atoms with E-state index in [9.17, 15) is 9.90 Å². The summed E-state index contributed by atoms with van der Waals surface area (Å²) in [6, 6.07) is 20.6. The smallest absolute Gasteiger partial charge is 0.407 e. The van der Waals surface area contributed by atoms with Gasteiger partial charge < -0.3 is 34.1 Å². The zero-order chi connectivity index (χ0) is 25.1. The van der Waals surface area contributed by atoms with Gasteiger partial charge in [-0.25, -0.2) is 4.79 Å². The predicted molar refractivity (Wildman–Crippen MR) is 130 cm³/mol. The van der Waals surface area contributed by atoms with Crippen LogP contribution in [-0.2, 0) is 15.8 Å². The van der Waals surface area contributed by atoms with Crippen LogP contribution in [0.2, 0.25) is 0 Å². The highest BCUT2D eigenvalue weighted by Gasteiger charge is 2.79. The zero-order valence-corrected chi connectivity index (χ0v) is 20.2. The molecule has 0 unspecified atom stereocenters. The molecule has 8 heteroatoms. The third-order valence-corrected chi connectivity index (χ3v) is 7.93. The SMILES string of the molecule is COc1ccc([C@@]23Oc4cc(OC)cc(OC)c4[C@]2(CO)[C@@H]2OC(=O)N[C@@H]2[C@H]3c2ccccc2)cc1. The number of nitrogens with one attached hydrogen (secondary N) is 1. The maximum atomic E-state index is 12.6. The van der Waals surface area contributed by atoms with Crippen molar-refractivity contribution in [2.45, 2.75) is 29.1 Å². The fraction of sp³-hybridized carbons (Fsp3) is 0.321. The predicted octanol–water partition coefficient (Wildman–Crippen LogP) is 3.50. The van der Waals surface area contributed by atoms with Gasteiger partial charge in [-0.1, -0.05) is 42.5 Å². The van der Waals surface area contributed by atoms with Gasteiger partial charge in [-0.3, -0.25) is 0 Å². The summed E-state index contributed by atoms with van der Waals surface area (Å²) < 4.78 is 29.7. The summed E-state index contributed by atoms with van der Waals surface area (Å²) in [5.74, 6) is 1.85. The van der Waals surface area contributed by atoms with Crippen molar-refractivity contribution in [1.29, 1.82) is 0 Å². The van der Waals surface area contributed by atoms with Crippen LogP contribution in [0.4, 0.5) is 4.79 Å². The van der Waals surface area contributed by atoms with Crippen molar-refractivity contribution < 1.29 is 33.6 Å². The fourth-order valence-electron chi connectivity index (χ4n) is 6.59. The third kappa shape index (κ3) is 2.70. The number of aliphatic hydroxyl groups excluding tert-OH is 1. The minimum absolute atomic E-state index is 0.353. The summed E-state index contributed by atoms with van der Waals surface area (Å²) in [6.45, 7) is -0.353. The number of methoxy groups -OCH3 is 3. The number of alkyl carbamates (subject to hydrolysis) is 1. The lowest BCUT2D eigenvalue weighted by atomic mass is 9.64. The Kier molecular flexibility index (Phi) is 5.05. The number of rotatable bonds is 6. The Morgan fingerprint density at radius 3 is 2.31 bits per heavy atom. The summed E-state index contributed by atoms with van der Waals surface area (Å²) in [4.78, 5) is 12.6. The summed E-state index contributed by atoms with van der Waals surface area (Å²) in [5, 5.41) is 14.4. The summed E-state index contributed by atoms with van der Waals surface area (Å²) in [7, 11) is 4.75. The number of benzene rings is 3. The average Bonchev–Trinajstić information content (AvgIpc) is 3.51. The van der Waals surface area contributed by atoms with E-state index in [0.29, 0.717) is 28.6 Å². The van der Waals surface area contributed by atoms with Gasteiger partial charge in [0, 0.05) is 12.1 Å². The molecule has 2 N–H and O–H groups in total. The van der Waals surface area contributed by atoms with E-state index >= 15 is 0 Å². The Labute approximate surface area is 208 Å². The largest absolute Gasteiger partial charge is 0.497 e. The second-order valence-electron chi connectivity index (χ2n) is 9.28. The van der Waals surface area contributed by atoms with E-state index in [-0.39, 0.29) is 6.61 Å². The van der Waals surface area contributed by atoms with Gasteiger partial charge >= 0.3 is 6.09 Å². The van der Waals surface area contributed by atoms with Gasteiger partial charge in [0.1, 0.15) is 34.5 Å². The van der Waals surface area contributed by atoms with Gasteiger partial charge in [0.25, 0.3) is 0 Å². The van der Waals surface area contributed by atoms with E-state index in [0.717, 1.165) is 11.1 Å². The van der Waals surface area contributed by atoms with Crippen LogP contribution in [0.5, 0.6) is 23.0 Å². The van der Waals surface area contributed by atoms with E-state index in [1.807, 2.05) is 54.6 Å². The molecule has 0 spiro atoms. The maximum Gasteiger partial charge on any atom is 0.407 e. The molecule has 0 aromatic heterocycles. The normalized spacial score (nSPS) is 29.3. The number of carbonyl (C=O) groups excluding carboxylic acids is 1. The molecule has 0 bridgehead atoms. The van der Waals surface area contributed by atoms with Crippen molar-refractivity contribution in [3.05, 3.63) is 83.4 Å². The van der Waals surface area contributed by atoms with Gasteiger partial charge in [-0.15, -0.1) is 0 Å². The van der Waals surface area contributed by atoms with Crippen LogP contribution < -0.4 is 24.3 Å². The van der Waals surface area contributed by atoms with Gasteiger partial charge in [0.2, 0.25) is 0 Å². The molecule has 3 aliphatic rings. The van der Waals surface area contributed by atoms with Gasteiger partial charge in [0.05, 0.1) is 45.5 Å². The van der Waals surface area contributed by atoms with Crippen LogP contribution in [0, 0.1) is 0 Å². The molecule has 1 saturated carbocycles. The number of amides is 1. The van der Waals surface area contributed by atoms with Crippen molar-refractivity contribution in [2.75, 3.05) is 27.9 Å². The molecule has 36 heavy (non-hydrogen) atoms. The molecule has 0 radical (unpaired) electrons. The highest BCUT2D eigenvalue weighted by atomic mass is 16.6. The fourth-order valence-corrected chi connectivity index (χ4v) is 6.59. The number of hydrogen-bond acceptors (Lipinski definition) is 7. The molecular weight excluding hydrogens is 462 g/mol. The summed E-state index contributed by atoms with van der Waals surface area (Å²) in [5.41, 5.74) is 0.0760. The number of hydrogen-bond donors (Lipinski definition) is 2. The first-order valence-corrected chi connectivity index (χ1v) is 11.8. The molecule has 5 atom stereocenters. The molecule has 8 nitrogen and oxygen atoms in total. The number of carbonyl (C=O) groups is 1. The number of ether oxygens (including phenoxy) is 5. The molecule has 2 aliphatic heterocycles. The van der Waals surface area contributed by atoms with E-state index < -0.39 is 35.2 Å². The molecule has 6 rings (SSSR count). The average molecular weight is 490 g/mol. The molecule has 1 aliphatic carbocycles. The molecule has 1 amide bonds. The van der Waals surface area contributed by atoms with Crippen LogP contribution in [0.15, 0.2) is 66.7 Å². The van der Waals surface area contributed by atoms with Gasteiger partial charge in [-0.2, -0.15) is 0 Å². The Balaban J connectivity index is 1.71. The van der Waals surface area contributed by atoms with Gasteiger partial charge in [-0.05, 0) is 23.3 Å². The molecule has 2 heterocycles.